The van der Waals surface area contributed by atoms with Crippen molar-refractivity contribution in [1.29, 1.82) is 0 Å². The fourth-order valence-electron chi connectivity index (χ4n) is 3.98. The summed E-state index contributed by atoms with van der Waals surface area (Å²) in [6, 6.07) is 5.85. The topological polar surface area (TPSA) is 61.5 Å². The zero-order valence-electron chi connectivity index (χ0n) is 14.2. The summed E-state index contributed by atoms with van der Waals surface area (Å²) in [7, 11) is 0. The quantitative estimate of drug-likeness (QED) is 0.513. The molecule has 1 aliphatic carbocycles. The maximum absolute atomic E-state index is 5.50. The van der Waals surface area contributed by atoms with Gasteiger partial charge in [0.2, 0.25) is 6.79 Å². The Morgan fingerprint density at radius 3 is 3.08 bits per heavy atom. The van der Waals surface area contributed by atoms with Gasteiger partial charge < -0.3 is 9.47 Å². The lowest BCUT2D eigenvalue weighted by atomic mass is 9.89. The number of aromatic nitrogens is 4. The van der Waals surface area contributed by atoms with E-state index in [1.165, 1.54) is 22.2 Å². The number of hydrogen-bond donors (Lipinski definition) is 0. The minimum Gasteiger partial charge on any atom is -0.454 e. The van der Waals surface area contributed by atoms with Crippen molar-refractivity contribution in [2.24, 2.45) is 5.92 Å². The molecule has 6 nitrogen and oxygen atoms in total. The Kier molecular flexibility index (Phi) is 2.88. The van der Waals surface area contributed by atoms with Crippen LogP contribution in [0.2, 0.25) is 0 Å². The Morgan fingerprint density at radius 2 is 2.12 bits per heavy atom. The summed E-state index contributed by atoms with van der Waals surface area (Å²) in [6.45, 7) is 2.59. The van der Waals surface area contributed by atoms with Gasteiger partial charge in [0, 0.05) is 10.4 Å². The Bertz CT molecular complexity index is 1180. The molecule has 0 saturated carbocycles. The Labute approximate surface area is 153 Å². The first-order valence-electron chi connectivity index (χ1n) is 8.82. The lowest BCUT2D eigenvalue weighted by Crippen LogP contribution is -2.09. The number of aryl methyl sites for hydroxylation is 1. The molecule has 2 aliphatic rings. The summed E-state index contributed by atoms with van der Waals surface area (Å²) in [5.41, 5.74) is 3.26. The third-order valence-corrected chi connectivity index (χ3v) is 6.53. The SMILES string of the molecule is CC1CCc2sc3ncn4c(-c5ccc6c(c5)OCO6)nnc4c3c2C1. The second kappa shape index (κ2) is 5.17. The average Bonchev–Trinajstić information content (AvgIpc) is 3.36. The molecule has 1 unspecified atom stereocenters. The van der Waals surface area contributed by atoms with Crippen LogP contribution in [0.3, 0.4) is 0 Å². The van der Waals surface area contributed by atoms with E-state index < -0.39 is 0 Å². The largest absolute Gasteiger partial charge is 0.454 e. The van der Waals surface area contributed by atoms with Crippen molar-refractivity contribution in [3.8, 4) is 22.9 Å². The highest BCUT2D eigenvalue weighted by atomic mass is 32.1. The summed E-state index contributed by atoms with van der Waals surface area (Å²) in [5, 5.41) is 10.2. The van der Waals surface area contributed by atoms with Crippen LogP contribution in [0.15, 0.2) is 24.5 Å². The first kappa shape index (κ1) is 14.5. The molecule has 130 valence electrons. The highest BCUT2D eigenvalue weighted by molar-refractivity contribution is 7.19. The molecule has 1 aliphatic heterocycles. The molecule has 0 radical (unpaired) electrons. The highest BCUT2D eigenvalue weighted by Gasteiger charge is 2.24. The van der Waals surface area contributed by atoms with Crippen LogP contribution < -0.4 is 9.47 Å². The lowest BCUT2D eigenvalue weighted by Gasteiger charge is -2.17. The van der Waals surface area contributed by atoms with Crippen molar-refractivity contribution in [1.82, 2.24) is 19.6 Å². The molecule has 6 rings (SSSR count). The fraction of sp³-hybridized carbons (Fsp3) is 0.316. The maximum atomic E-state index is 5.50. The van der Waals surface area contributed by atoms with Crippen molar-refractivity contribution in [2.45, 2.75) is 26.2 Å². The van der Waals surface area contributed by atoms with E-state index in [1.54, 1.807) is 0 Å². The fourth-order valence-corrected chi connectivity index (χ4v) is 5.16. The smallest absolute Gasteiger partial charge is 0.231 e. The lowest BCUT2D eigenvalue weighted by molar-refractivity contribution is 0.174. The van der Waals surface area contributed by atoms with Gasteiger partial charge in [0.15, 0.2) is 23.0 Å². The molecule has 1 atom stereocenters. The summed E-state index contributed by atoms with van der Waals surface area (Å²) in [5.74, 6) is 2.99. The normalized spacial score (nSPS) is 18.6. The van der Waals surface area contributed by atoms with E-state index in [1.807, 2.05) is 40.3 Å². The molecule has 7 heteroatoms. The first-order valence-corrected chi connectivity index (χ1v) is 9.63. The number of benzene rings is 1. The molecular weight excluding hydrogens is 348 g/mol. The molecule has 0 N–H and O–H groups in total. The molecule has 1 aromatic carbocycles. The highest BCUT2D eigenvalue weighted by Crippen LogP contribution is 2.40. The number of fused-ring (bicyclic) bond motifs is 6. The Hall–Kier alpha value is -2.67. The average molecular weight is 364 g/mol. The van der Waals surface area contributed by atoms with Gasteiger partial charge in [-0.25, -0.2) is 4.98 Å². The van der Waals surface area contributed by atoms with E-state index in [9.17, 15) is 0 Å². The van der Waals surface area contributed by atoms with Crippen LogP contribution in [-0.4, -0.2) is 26.4 Å². The molecule has 4 heterocycles. The third-order valence-electron chi connectivity index (χ3n) is 5.33. The van der Waals surface area contributed by atoms with Crippen molar-refractivity contribution < 1.29 is 9.47 Å². The monoisotopic (exact) mass is 364 g/mol. The van der Waals surface area contributed by atoms with Crippen LogP contribution in [0, 0.1) is 5.92 Å². The predicted octanol–water partition coefficient (Wildman–Crippen LogP) is 3.86. The Balaban J connectivity index is 1.58. The summed E-state index contributed by atoms with van der Waals surface area (Å²) in [4.78, 5) is 7.25. The van der Waals surface area contributed by atoms with Crippen molar-refractivity contribution in [3.05, 3.63) is 35.0 Å². The van der Waals surface area contributed by atoms with E-state index in [0.29, 0.717) is 5.92 Å². The van der Waals surface area contributed by atoms with E-state index in [4.69, 9.17) is 14.5 Å². The van der Waals surface area contributed by atoms with E-state index in [0.717, 1.165) is 46.2 Å². The van der Waals surface area contributed by atoms with Crippen LogP contribution >= 0.6 is 11.3 Å². The van der Waals surface area contributed by atoms with E-state index >= 15 is 0 Å². The van der Waals surface area contributed by atoms with Gasteiger partial charge in [0.1, 0.15) is 11.2 Å². The molecule has 26 heavy (non-hydrogen) atoms. The minimum absolute atomic E-state index is 0.265. The van der Waals surface area contributed by atoms with Gasteiger partial charge in [-0.2, -0.15) is 0 Å². The summed E-state index contributed by atoms with van der Waals surface area (Å²) < 4.78 is 12.9. The third kappa shape index (κ3) is 1.94. The van der Waals surface area contributed by atoms with Crippen LogP contribution in [0.4, 0.5) is 0 Å². The van der Waals surface area contributed by atoms with Gasteiger partial charge in [-0.1, -0.05) is 6.92 Å². The van der Waals surface area contributed by atoms with Crippen molar-refractivity contribution >= 4 is 27.2 Å². The van der Waals surface area contributed by atoms with Gasteiger partial charge in [-0.3, -0.25) is 4.40 Å². The van der Waals surface area contributed by atoms with Crippen LogP contribution in [0.25, 0.3) is 27.3 Å². The van der Waals surface area contributed by atoms with Crippen LogP contribution in [0.1, 0.15) is 23.8 Å². The van der Waals surface area contributed by atoms with Crippen molar-refractivity contribution in [3.63, 3.8) is 0 Å². The number of ether oxygens (including phenoxy) is 2. The second-order valence-electron chi connectivity index (χ2n) is 7.06. The number of hydrogen-bond acceptors (Lipinski definition) is 6. The predicted molar refractivity (Wildman–Crippen MR) is 98.9 cm³/mol. The maximum Gasteiger partial charge on any atom is 0.231 e. The Morgan fingerprint density at radius 1 is 1.19 bits per heavy atom. The summed E-state index contributed by atoms with van der Waals surface area (Å²) >= 11 is 1.81. The molecule has 4 aromatic rings. The van der Waals surface area contributed by atoms with E-state index in [-0.39, 0.29) is 6.79 Å². The summed E-state index contributed by atoms with van der Waals surface area (Å²) in [6.07, 6.45) is 5.34. The number of thiophene rings is 1. The number of rotatable bonds is 1. The second-order valence-corrected chi connectivity index (χ2v) is 8.15. The van der Waals surface area contributed by atoms with Gasteiger partial charge in [-0.15, -0.1) is 21.5 Å². The first-order chi connectivity index (χ1) is 12.8. The molecule has 3 aromatic heterocycles. The molecule has 0 saturated heterocycles. The molecule has 0 bridgehead atoms. The van der Waals surface area contributed by atoms with Gasteiger partial charge in [0.25, 0.3) is 0 Å². The van der Waals surface area contributed by atoms with Gasteiger partial charge >= 0.3 is 0 Å². The van der Waals surface area contributed by atoms with Gasteiger partial charge in [-0.05, 0) is 48.9 Å². The van der Waals surface area contributed by atoms with Crippen LogP contribution in [0.5, 0.6) is 11.5 Å². The van der Waals surface area contributed by atoms with Crippen molar-refractivity contribution in [2.75, 3.05) is 6.79 Å². The zero-order valence-corrected chi connectivity index (χ0v) is 15.0. The molecule has 0 fully saturated rings. The molecule has 0 spiro atoms. The standard InChI is InChI=1S/C19H16N4O2S/c1-10-2-5-15-12(6-10)16-18-22-21-17(23(18)8-20-19(16)26-15)11-3-4-13-14(7-11)25-9-24-13/h3-4,7-8,10H,2,5-6,9H2,1H3. The zero-order chi connectivity index (χ0) is 17.3. The molecule has 0 amide bonds. The molecular formula is C19H16N4O2S. The van der Waals surface area contributed by atoms with E-state index in [2.05, 4.69) is 17.1 Å². The van der Waals surface area contributed by atoms with Crippen LogP contribution in [-0.2, 0) is 12.8 Å². The number of nitrogens with zero attached hydrogens (tertiary/aromatic N) is 4. The minimum atomic E-state index is 0.265. The van der Waals surface area contributed by atoms with Gasteiger partial charge in [0.05, 0.1) is 5.39 Å².